The molecule has 3 rings (SSSR count). The fraction of sp³-hybridized carbons (Fsp3) is 0.667. The molecule has 1 aliphatic carbocycles. The topological polar surface area (TPSA) is 44.8 Å². The number of amides is 2. The minimum Gasteiger partial charge on any atom is -0.379 e. The van der Waals surface area contributed by atoms with E-state index in [2.05, 4.69) is 10.2 Å². The molecule has 0 unspecified atom stereocenters. The van der Waals surface area contributed by atoms with Crippen LogP contribution in [0.5, 0.6) is 0 Å². The highest BCUT2D eigenvalue weighted by atomic mass is 19.1. The molecular formula is C21H32FN3O2. The van der Waals surface area contributed by atoms with E-state index in [9.17, 15) is 9.18 Å². The molecule has 1 saturated heterocycles. The lowest BCUT2D eigenvalue weighted by molar-refractivity contribution is 0.112. The van der Waals surface area contributed by atoms with E-state index in [1.165, 1.54) is 6.07 Å². The van der Waals surface area contributed by atoms with E-state index in [1.807, 2.05) is 31.1 Å². The molecule has 0 radical (unpaired) electrons. The molecule has 1 aliphatic heterocycles. The van der Waals surface area contributed by atoms with Crippen LogP contribution in [0.25, 0.3) is 0 Å². The first-order valence-corrected chi connectivity index (χ1v) is 10.0. The van der Waals surface area contributed by atoms with Crippen LogP contribution in [-0.2, 0) is 10.2 Å². The van der Waals surface area contributed by atoms with Crippen molar-refractivity contribution in [2.24, 2.45) is 5.92 Å². The van der Waals surface area contributed by atoms with Crippen LogP contribution in [0, 0.1) is 11.7 Å². The van der Waals surface area contributed by atoms with Gasteiger partial charge >= 0.3 is 6.03 Å². The number of carbonyl (C=O) groups excluding carboxylic acids is 1. The van der Waals surface area contributed by atoms with Crippen LogP contribution in [0.1, 0.15) is 31.2 Å². The maximum atomic E-state index is 14.4. The number of hydrogen-bond acceptors (Lipinski definition) is 3. The van der Waals surface area contributed by atoms with Crippen molar-refractivity contribution in [3.05, 3.63) is 35.6 Å². The van der Waals surface area contributed by atoms with Gasteiger partial charge in [0.25, 0.3) is 0 Å². The number of urea groups is 1. The highest BCUT2D eigenvalue weighted by Gasteiger charge is 2.38. The van der Waals surface area contributed by atoms with Crippen molar-refractivity contribution < 1.29 is 13.9 Å². The van der Waals surface area contributed by atoms with Gasteiger partial charge in [-0.3, -0.25) is 0 Å². The largest absolute Gasteiger partial charge is 0.379 e. The van der Waals surface area contributed by atoms with Crippen LogP contribution in [-0.4, -0.2) is 69.3 Å². The summed E-state index contributed by atoms with van der Waals surface area (Å²) in [6.07, 6.45) is 3.99. The van der Waals surface area contributed by atoms with Gasteiger partial charge in [-0.25, -0.2) is 9.18 Å². The minimum atomic E-state index is -0.285. The smallest absolute Gasteiger partial charge is 0.317 e. The zero-order chi connectivity index (χ0) is 19.3. The molecule has 150 valence electrons. The van der Waals surface area contributed by atoms with E-state index in [4.69, 9.17) is 4.74 Å². The number of rotatable bonds is 5. The average molecular weight is 378 g/mol. The second kappa shape index (κ2) is 9.02. The van der Waals surface area contributed by atoms with Crippen molar-refractivity contribution in [2.45, 2.75) is 31.1 Å². The second-order valence-corrected chi connectivity index (χ2v) is 8.28. The number of nitrogens with one attached hydrogen (secondary N) is 1. The molecule has 1 atom stereocenters. The van der Waals surface area contributed by atoms with E-state index in [1.54, 1.807) is 6.07 Å². The lowest BCUT2D eigenvalue weighted by Crippen LogP contribution is -2.48. The standard InChI is InChI=1S/C21H32FN3O2/c1-24(2)13-17-14-25(11-12-27-15-17)20(26)23-16-21(9-5-6-10-21)18-7-3-4-8-19(18)22/h3-4,7-8,17H,5-6,9-16H2,1-2H3,(H,23,26)/t17-/m0/s1. The Kier molecular flexibility index (Phi) is 6.71. The number of carbonyl (C=O) groups is 1. The van der Waals surface area contributed by atoms with Crippen LogP contribution in [0.15, 0.2) is 24.3 Å². The number of hydrogen-bond donors (Lipinski definition) is 1. The van der Waals surface area contributed by atoms with Crippen molar-refractivity contribution in [1.29, 1.82) is 0 Å². The van der Waals surface area contributed by atoms with Gasteiger partial charge in [0.1, 0.15) is 5.82 Å². The zero-order valence-corrected chi connectivity index (χ0v) is 16.5. The normalized spacial score (nSPS) is 22.7. The van der Waals surface area contributed by atoms with E-state index in [0.29, 0.717) is 38.8 Å². The highest BCUT2D eigenvalue weighted by molar-refractivity contribution is 5.74. The number of benzene rings is 1. The predicted molar refractivity (Wildman–Crippen MR) is 104 cm³/mol. The van der Waals surface area contributed by atoms with Gasteiger partial charge in [-0.15, -0.1) is 0 Å². The lowest BCUT2D eigenvalue weighted by Gasteiger charge is -2.32. The summed E-state index contributed by atoms with van der Waals surface area (Å²) in [6, 6.07) is 6.95. The summed E-state index contributed by atoms with van der Waals surface area (Å²) in [6.45, 7) is 3.92. The third-order valence-electron chi connectivity index (χ3n) is 5.83. The van der Waals surface area contributed by atoms with Crippen LogP contribution in [0.2, 0.25) is 0 Å². The van der Waals surface area contributed by atoms with Crippen LogP contribution in [0.4, 0.5) is 9.18 Å². The number of nitrogens with zero attached hydrogens (tertiary/aromatic N) is 2. The van der Waals surface area contributed by atoms with Crippen molar-refractivity contribution >= 4 is 6.03 Å². The Morgan fingerprint density at radius 3 is 2.78 bits per heavy atom. The summed E-state index contributed by atoms with van der Waals surface area (Å²) < 4.78 is 20.1. The quantitative estimate of drug-likeness (QED) is 0.858. The summed E-state index contributed by atoms with van der Waals surface area (Å²) in [4.78, 5) is 16.8. The molecule has 0 aromatic heterocycles. The molecule has 1 heterocycles. The fourth-order valence-electron chi connectivity index (χ4n) is 4.53. The van der Waals surface area contributed by atoms with Crippen molar-refractivity contribution in [3.63, 3.8) is 0 Å². The van der Waals surface area contributed by atoms with Gasteiger partial charge in [0.05, 0.1) is 13.2 Å². The van der Waals surface area contributed by atoms with E-state index in [-0.39, 0.29) is 17.3 Å². The summed E-state index contributed by atoms with van der Waals surface area (Å²) in [5, 5.41) is 3.11. The molecule has 1 N–H and O–H groups in total. The van der Waals surface area contributed by atoms with Crippen molar-refractivity contribution in [1.82, 2.24) is 15.1 Å². The van der Waals surface area contributed by atoms with Crippen LogP contribution < -0.4 is 5.32 Å². The molecule has 2 amide bonds. The Hall–Kier alpha value is -1.66. The first kappa shape index (κ1) is 20.1. The average Bonchev–Trinajstić information content (AvgIpc) is 3.00. The first-order chi connectivity index (χ1) is 13.0. The summed E-state index contributed by atoms with van der Waals surface area (Å²) in [5.41, 5.74) is 0.458. The van der Waals surface area contributed by atoms with Gasteiger partial charge < -0.3 is 19.9 Å². The van der Waals surface area contributed by atoms with Crippen LogP contribution >= 0.6 is 0 Å². The summed E-state index contributed by atoms with van der Waals surface area (Å²) in [7, 11) is 4.07. The van der Waals surface area contributed by atoms with E-state index in [0.717, 1.165) is 37.8 Å². The molecule has 27 heavy (non-hydrogen) atoms. The molecule has 2 aliphatic rings. The molecule has 0 spiro atoms. The minimum absolute atomic E-state index is 0.0631. The molecular weight excluding hydrogens is 345 g/mol. The van der Waals surface area contributed by atoms with Gasteiger partial charge in [-0.2, -0.15) is 0 Å². The Bertz CT molecular complexity index is 632. The number of halogens is 1. The maximum absolute atomic E-state index is 14.4. The maximum Gasteiger partial charge on any atom is 0.317 e. The Morgan fingerprint density at radius 1 is 1.33 bits per heavy atom. The van der Waals surface area contributed by atoms with E-state index >= 15 is 0 Å². The lowest BCUT2D eigenvalue weighted by atomic mass is 9.78. The predicted octanol–water partition coefficient (Wildman–Crippen LogP) is 2.86. The molecule has 2 fully saturated rings. The fourth-order valence-corrected chi connectivity index (χ4v) is 4.53. The van der Waals surface area contributed by atoms with Crippen molar-refractivity contribution in [2.75, 3.05) is 53.5 Å². The molecule has 0 bridgehead atoms. The SMILES string of the molecule is CN(C)C[C@@H]1COCCN(C(=O)NCC2(c3ccccc3F)CCCC2)C1. The zero-order valence-electron chi connectivity index (χ0n) is 16.5. The Morgan fingerprint density at radius 2 is 2.07 bits per heavy atom. The van der Waals surface area contributed by atoms with E-state index < -0.39 is 0 Å². The third kappa shape index (κ3) is 4.99. The van der Waals surface area contributed by atoms with Crippen LogP contribution in [0.3, 0.4) is 0 Å². The van der Waals surface area contributed by atoms with Gasteiger partial charge in [0.15, 0.2) is 0 Å². The van der Waals surface area contributed by atoms with Gasteiger partial charge in [-0.05, 0) is 38.6 Å². The van der Waals surface area contributed by atoms with Gasteiger partial charge in [-0.1, -0.05) is 31.0 Å². The monoisotopic (exact) mass is 377 g/mol. The molecule has 1 aromatic carbocycles. The first-order valence-electron chi connectivity index (χ1n) is 10.0. The number of ether oxygens (including phenoxy) is 1. The van der Waals surface area contributed by atoms with Gasteiger partial charge in [0.2, 0.25) is 0 Å². The Balaban J connectivity index is 1.65. The summed E-state index contributed by atoms with van der Waals surface area (Å²) in [5.74, 6) is 0.142. The molecule has 1 saturated carbocycles. The molecule has 6 heteroatoms. The highest BCUT2D eigenvalue weighted by Crippen LogP contribution is 2.41. The van der Waals surface area contributed by atoms with Gasteiger partial charge in [0, 0.05) is 37.5 Å². The second-order valence-electron chi connectivity index (χ2n) is 8.28. The molecule has 1 aromatic rings. The molecule has 5 nitrogen and oxygen atoms in total. The Labute approximate surface area is 161 Å². The summed E-state index contributed by atoms with van der Waals surface area (Å²) >= 11 is 0. The van der Waals surface area contributed by atoms with Crippen molar-refractivity contribution in [3.8, 4) is 0 Å². The third-order valence-corrected chi connectivity index (χ3v) is 5.83.